The molecule has 2 unspecified atom stereocenters. The first-order chi connectivity index (χ1) is 16.4. The molecule has 34 heavy (non-hydrogen) atoms. The van der Waals surface area contributed by atoms with Gasteiger partial charge in [0.1, 0.15) is 5.78 Å². The molecule has 6 nitrogen and oxygen atoms in total. The molecule has 0 amide bonds. The molecule has 2 atom stereocenters. The van der Waals surface area contributed by atoms with Gasteiger partial charge in [-0.25, -0.2) is 9.97 Å². The largest absolute Gasteiger partial charge is 0.332 e. The molecule has 0 aromatic carbocycles. The maximum absolute atomic E-state index is 12.2. The number of ketones is 1. The Kier molecular flexibility index (Phi) is 5.96. The molecular weight excluding hydrogens is 422 g/mol. The second-order valence-corrected chi connectivity index (χ2v) is 12.8. The number of piperazine rings is 1. The Morgan fingerprint density at radius 2 is 1.62 bits per heavy atom. The van der Waals surface area contributed by atoms with Crippen LogP contribution in [-0.2, 0) is 4.79 Å². The van der Waals surface area contributed by atoms with Crippen LogP contribution in [0.2, 0.25) is 0 Å². The van der Waals surface area contributed by atoms with Gasteiger partial charge in [0.15, 0.2) is 0 Å². The third-order valence-electron chi connectivity index (χ3n) is 9.90. The highest BCUT2D eigenvalue weighted by Gasteiger charge is 2.54. The summed E-state index contributed by atoms with van der Waals surface area (Å²) < 4.78 is 0. The number of hydrogen-bond acceptors (Lipinski definition) is 6. The number of aromatic nitrogens is 2. The summed E-state index contributed by atoms with van der Waals surface area (Å²) in [5.74, 6) is 3.50. The number of rotatable bonds is 6. The Labute approximate surface area is 205 Å². The average Bonchev–Trinajstić information content (AvgIpc) is 3.05. The van der Waals surface area contributed by atoms with Crippen LogP contribution in [0.25, 0.3) is 0 Å². The predicted molar refractivity (Wildman–Crippen MR) is 135 cm³/mol. The number of hydrogen-bond donors (Lipinski definition) is 0. The molecule has 6 rings (SSSR count). The van der Waals surface area contributed by atoms with Crippen molar-refractivity contribution in [3.63, 3.8) is 0 Å². The molecule has 3 saturated heterocycles. The van der Waals surface area contributed by atoms with Gasteiger partial charge >= 0.3 is 0 Å². The summed E-state index contributed by atoms with van der Waals surface area (Å²) in [6.45, 7) is 10.0. The highest BCUT2D eigenvalue weighted by atomic mass is 16.1. The van der Waals surface area contributed by atoms with Crippen molar-refractivity contribution in [1.82, 2.24) is 19.8 Å². The number of piperidine rings is 1. The van der Waals surface area contributed by atoms with E-state index in [-0.39, 0.29) is 5.92 Å². The molecule has 0 radical (unpaired) electrons. The number of Topliss-reactive ketones (excluding diaryl/α,β-unsaturated/α-hetero) is 1. The number of carbonyl (C=O) groups is 1. The van der Waals surface area contributed by atoms with E-state index >= 15 is 0 Å². The van der Waals surface area contributed by atoms with Crippen LogP contribution in [0.15, 0.2) is 12.4 Å². The van der Waals surface area contributed by atoms with Crippen molar-refractivity contribution in [1.29, 1.82) is 0 Å². The van der Waals surface area contributed by atoms with Crippen LogP contribution in [0.4, 0.5) is 5.95 Å². The number of nitrogens with zero attached hydrogens (tertiary/aromatic N) is 5. The van der Waals surface area contributed by atoms with Crippen molar-refractivity contribution < 1.29 is 4.79 Å². The monoisotopic (exact) mass is 465 g/mol. The summed E-state index contributed by atoms with van der Waals surface area (Å²) in [6, 6.07) is 1.18. The Hall–Kier alpha value is -1.53. The normalized spacial score (nSPS) is 36.6. The van der Waals surface area contributed by atoms with Crippen molar-refractivity contribution >= 4 is 11.7 Å². The van der Waals surface area contributed by atoms with Crippen molar-refractivity contribution in [3.8, 4) is 0 Å². The van der Waals surface area contributed by atoms with E-state index in [0.29, 0.717) is 35.1 Å². The van der Waals surface area contributed by atoms with E-state index in [1.54, 1.807) is 0 Å². The predicted octanol–water partition coefficient (Wildman–Crippen LogP) is 3.97. The first kappa shape index (κ1) is 22.9. The molecule has 2 bridgehead atoms. The van der Waals surface area contributed by atoms with E-state index in [9.17, 15) is 4.79 Å². The molecule has 1 aromatic rings. The lowest BCUT2D eigenvalue weighted by Crippen LogP contribution is -2.53. The van der Waals surface area contributed by atoms with Crippen molar-refractivity contribution in [2.45, 2.75) is 83.2 Å². The highest BCUT2D eigenvalue weighted by molar-refractivity contribution is 5.83. The lowest BCUT2D eigenvalue weighted by atomic mass is 9.47. The summed E-state index contributed by atoms with van der Waals surface area (Å²) in [5, 5.41) is 0. The minimum Gasteiger partial charge on any atom is -0.332 e. The molecule has 186 valence electrons. The number of carbonyl (C=O) groups excluding carboxylic acids is 1. The zero-order chi connectivity index (χ0) is 23.4. The quantitative estimate of drug-likeness (QED) is 0.634. The maximum Gasteiger partial charge on any atom is 0.225 e. The fraction of sp³-hybridized carbons (Fsp3) is 0.821. The average molecular weight is 466 g/mol. The van der Waals surface area contributed by atoms with Gasteiger partial charge < -0.3 is 14.7 Å². The van der Waals surface area contributed by atoms with E-state index in [0.717, 1.165) is 25.0 Å². The first-order valence-electron chi connectivity index (χ1n) is 13.9. The number of fused-ring (bicyclic) bond motifs is 2. The Bertz CT molecular complexity index is 865. The number of likely N-dealkylation sites (tertiary alicyclic amines) is 2. The molecule has 2 saturated carbocycles. The molecule has 1 aromatic heterocycles. The molecule has 5 aliphatic rings. The van der Waals surface area contributed by atoms with Gasteiger partial charge in [0.05, 0.1) is 0 Å². The van der Waals surface area contributed by atoms with Gasteiger partial charge in [-0.05, 0) is 94.3 Å². The summed E-state index contributed by atoms with van der Waals surface area (Å²) in [6.07, 6.45) is 14.3. The fourth-order valence-electron chi connectivity index (χ4n) is 8.22. The maximum atomic E-state index is 12.2. The Morgan fingerprint density at radius 3 is 2.21 bits per heavy atom. The zero-order valence-electron chi connectivity index (χ0n) is 21.5. The SMILES string of the molecule is CC(C)C(=O)C1CC2(CC(CN3CCC(c4cnc(N5C6CCC5CN(C)C6)nc4)CC3)C2)C1. The molecule has 0 N–H and O–H groups in total. The van der Waals surface area contributed by atoms with Crippen molar-refractivity contribution in [3.05, 3.63) is 18.0 Å². The van der Waals surface area contributed by atoms with Crippen LogP contribution in [-0.4, -0.2) is 77.4 Å². The van der Waals surface area contributed by atoms with Gasteiger partial charge in [0, 0.05) is 55.9 Å². The van der Waals surface area contributed by atoms with Crippen molar-refractivity contribution in [2.24, 2.45) is 23.2 Å². The lowest BCUT2D eigenvalue weighted by molar-refractivity contribution is -0.142. The molecule has 5 fully saturated rings. The fourth-order valence-corrected chi connectivity index (χ4v) is 8.22. The van der Waals surface area contributed by atoms with Gasteiger partial charge in [-0.15, -0.1) is 0 Å². The van der Waals surface area contributed by atoms with Crippen LogP contribution in [0, 0.1) is 23.2 Å². The van der Waals surface area contributed by atoms with E-state index < -0.39 is 0 Å². The van der Waals surface area contributed by atoms with Gasteiger partial charge in [-0.3, -0.25) is 4.79 Å². The number of anilines is 1. The Balaban J connectivity index is 0.952. The van der Waals surface area contributed by atoms with Gasteiger partial charge in [-0.2, -0.15) is 0 Å². The molecule has 6 heteroatoms. The molecule has 2 aliphatic carbocycles. The van der Waals surface area contributed by atoms with Gasteiger partial charge in [0.25, 0.3) is 0 Å². The van der Waals surface area contributed by atoms with E-state index in [1.165, 1.54) is 76.6 Å². The molecule has 3 aliphatic heterocycles. The number of likely N-dealkylation sites (N-methyl/N-ethyl adjacent to an activating group) is 1. The second-order valence-electron chi connectivity index (χ2n) is 12.8. The zero-order valence-corrected chi connectivity index (χ0v) is 21.5. The highest BCUT2D eigenvalue weighted by Crippen LogP contribution is 2.61. The standard InChI is InChI=1S/C28H43N5O/c1-19(2)26(34)22-12-28(13-22)10-20(11-28)16-32-8-6-21(7-9-32)23-14-29-27(30-15-23)33-24-4-5-25(33)18-31(3)17-24/h14-15,19-22,24-25H,4-13,16-18H2,1-3H3. The van der Waals surface area contributed by atoms with Crippen LogP contribution in [0.3, 0.4) is 0 Å². The van der Waals surface area contributed by atoms with Gasteiger partial charge in [-0.1, -0.05) is 13.8 Å². The van der Waals surface area contributed by atoms with E-state index in [1.807, 2.05) is 0 Å². The topological polar surface area (TPSA) is 52.6 Å². The summed E-state index contributed by atoms with van der Waals surface area (Å²) in [5.41, 5.74) is 1.88. The smallest absolute Gasteiger partial charge is 0.225 e. The molecule has 4 heterocycles. The third-order valence-corrected chi connectivity index (χ3v) is 9.90. The van der Waals surface area contributed by atoms with Crippen LogP contribution >= 0.6 is 0 Å². The van der Waals surface area contributed by atoms with E-state index in [4.69, 9.17) is 9.97 Å². The van der Waals surface area contributed by atoms with Crippen LogP contribution in [0.5, 0.6) is 0 Å². The summed E-state index contributed by atoms with van der Waals surface area (Å²) in [4.78, 5) is 29.6. The second kappa shape index (κ2) is 8.85. The summed E-state index contributed by atoms with van der Waals surface area (Å²) >= 11 is 0. The van der Waals surface area contributed by atoms with Crippen LogP contribution in [0.1, 0.15) is 76.7 Å². The molecule has 1 spiro atoms. The van der Waals surface area contributed by atoms with E-state index in [2.05, 4.69) is 48.0 Å². The minimum atomic E-state index is 0.211. The first-order valence-corrected chi connectivity index (χ1v) is 13.9. The lowest BCUT2D eigenvalue weighted by Gasteiger charge is -2.58. The minimum absolute atomic E-state index is 0.211. The Morgan fingerprint density at radius 1 is 1.00 bits per heavy atom. The summed E-state index contributed by atoms with van der Waals surface area (Å²) in [7, 11) is 2.24. The molecular formula is C28H43N5O. The van der Waals surface area contributed by atoms with Crippen LogP contribution < -0.4 is 4.90 Å². The van der Waals surface area contributed by atoms with Crippen molar-refractivity contribution in [2.75, 3.05) is 44.7 Å². The van der Waals surface area contributed by atoms with Gasteiger partial charge in [0.2, 0.25) is 5.95 Å². The third kappa shape index (κ3) is 4.19.